The van der Waals surface area contributed by atoms with Gasteiger partial charge in [-0.05, 0) is 44.5 Å². The molecule has 1 aliphatic rings. The molecule has 0 unspecified atom stereocenters. The molecule has 1 atom stereocenters. The lowest BCUT2D eigenvalue weighted by molar-refractivity contribution is -0.125. The molecule has 0 heterocycles. The number of hydrogen-bond acceptors (Lipinski definition) is 2. The van der Waals surface area contributed by atoms with Gasteiger partial charge in [-0.3, -0.25) is 4.79 Å². The first-order chi connectivity index (χ1) is 13.5. The molecule has 2 heteroatoms. The third-order valence-corrected chi connectivity index (χ3v) is 6.69. The Labute approximate surface area is 171 Å². The van der Waals surface area contributed by atoms with Crippen LogP contribution in [0, 0.1) is 5.92 Å². The smallest absolute Gasteiger partial charge is 0.148 e. The molecule has 0 bridgehead atoms. The predicted molar refractivity (Wildman–Crippen MR) is 118 cm³/mol. The van der Waals surface area contributed by atoms with Crippen molar-refractivity contribution in [3.05, 3.63) is 71.8 Å². The van der Waals surface area contributed by atoms with E-state index in [1.54, 1.807) is 0 Å². The van der Waals surface area contributed by atoms with E-state index in [2.05, 4.69) is 74.4 Å². The normalized spacial score (nSPS) is 16.9. The van der Waals surface area contributed by atoms with Crippen LogP contribution in [0.1, 0.15) is 63.0 Å². The average Bonchev–Trinajstić information content (AvgIpc) is 2.73. The summed E-state index contributed by atoms with van der Waals surface area (Å²) < 4.78 is 0. The van der Waals surface area contributed by atoms with E-state index < -0.39 is 5.41 Å². The highest BCUT2D eigenvalue weighted by atomic mass is 16.1. The zero-order chi connectivity index (χ0) is 20.0. The highest BCUT2D eigenvalue weighted by molar-refractivity contribution is 5.94. The molecule has 3 rings (SSSR count). The Morgan fingerprint density at radius 2 is 1.43 bits per heavy atom. The molecule has 2 nitrogen and oxygen atoms in total. The zero-order valence-electron chi connectivity index (χ0n) is 17.7. The van der Waals surface area contributed by atoms with Crippen LogP contribution in [-0.2, 0) is 10.2 Å². The minimum absolute atomic E-state index is 0.302. The third kappa shape index (κ3) is 4.55. The largest absolute Gasteiger partial charge is 0.307 e. The number of carbonyl (C=O) groups excluding carboxylic acids is 1. The molecule has 0 aromatic heterocycles. The van der Waals surface area contributed by atoms with E-state index >= 15 is 0 Å². The minimum atomic E-state index is -0.580. The van der Waals surface area contributed by atoms with Gasteiger partial charge in [-0.1, -0.05) is 92.8 Å². The average molecular weight is 378 g/mol. The number of rotatable bonds is 8. The third-order valence-electron chi connectivity index (χ3n) is 6.69. The summed E-state index contributed by atoms with van der Waals surface area (Å²) in [6.45, 7) is 2.23. The predicted octanol–water partition coefficient (Wildman–Crippen LogP) is 5.85. The van der Waals surface area contributed by atoms with Gasteiger partial charge in [0, 0.05) is 12.5 Å². The quantitative estimate of drug-likeness (QED) is 0.575. The minimum Gasteiger partial charge on any atom is -0.307 e. The van der Waals surface area contributed by atoms with Crippen LogP contribution < -0.4 is 0 Å². The molecule has 0 saturated heterocycles. The van der Waals surface area contributed by atoms with Crippen LogP contribution >= 0.6 is 0 Å². The molecule has 2 aromatic carbocycles. The summed E-state index contributed by atoms with van der Waals surface area (Å²) in [6, 6.07) is 21.3. The molecule has 2 aromatic rings. The molecular weight excluding hydrogens is 342 g/mol. The first-order valence-electron chi connectivity index (χ1n) is 10.8. The summed E-state index contributed by atoms with van der Waals surface area (Å²) in [5.74, 6) is 0.938. The summed E-state index contributed by atoms with van der Waals surface area (Å²) in [5.41, 5.74) is 1.69. The first kappa shape index (κ1) is 20.8. The second kappa shape index (κ2) is 9.52. The lowest BCUT2D eigenvalue weighted by Gasteiger charge is -2.39. The van der Waals surface area contributed by atoms with E-state index in [1.807, 2.05) is 12.1 Å². The van der Waals surface area contributed by atoms with Gasteiger partial charge in [-0.2, -0.15) is 0 Å². The van der Waals surface area contributed by atoms with Crippen LogP contribution in [0.3, 0.4) is 0 Å². The van der Waals surface area contributed by atoms with Gasteiger partial charge in [-0.15, -0.1) is 0 Å². The zero-order valence-corrected chi connectivity index (χ0v) is 17.7. The molecule has 0 amide bonds. The van der Waals surface area contributed by atoms with E-state index in [0.717, 1.165) is 17.5 Å². The second-order valence-corrected chi connectivity index (χ2v) is 8.79. The van der Waals surface area contributed by atoms with Crippen molar-refractivity contribution in [2.45, 2.75) is 63.3 Å². The van der Waals surface area contributed by atoms with Crippen molar-refractivity contribution >= 4 is 5.78 Å². The molecule has 0 aliphatic heterocycles. The van der Waals surface area contributed by atoms with E-state index in [0.29, 0.717) is 24.2 Å². The maximum Gasteiger partial charge on any atom is 0.148 e. The Morgan fingerprint density at radius 1 is 0.929 bits per heavy atom. The van der Waals surface area contributed by atoms with Gasteiger partial charge >= 0.3 is 0 Å². The maximum absolute atomic E-state index is 14.1. The van der Waals surface area contributed by atoms with E-state index in [1.165, 1.54) is 32.1 Å². The number of nitrogens with zero attached hydrogens (tertiary/aromatic N) is 1. The molecule has 150 valence electrons. The summed E-state index contributed by atoms with van der Waals surface area (Å²) in [4.78, 5) is 16.3. The van der Waals surface area contributed by atoms with Gasteiger partial charge in [0.1, 0.15) is 5.78 Å². The Kier molecular flexibility index (Phi) is 7.07. The van der Waals surface area contributed by atoms with Crippen molar-refractivity contribution < 1.29 is 4.79 Å². The van der Waals surface area contributed by atoms with Gasteiger partial charge in [-0.25, -0.2) is 0 Å². The Hall–Kier alpha value is -1.93. The molecule has 1 aliphatic carbocycles. The summed E-state index contributed by atoms with van der Waals surface area (Å²) in [6.07, 6.45) is 7.78. The summed E-state index contributed by atoms with van der Waals surface area (Å²) in [5, 5.41) is 0. The van der Waals surface area contributed by atoms with E-state index in [4.69, 9.17) is 0 Å². The van der Waals surface area contributed by atoms with Crippen molar-refractivity contribution in [3.63, 3.8) is 0 Å². The van der Waals surface area contributed by atoms with Crippen LogP contribution in [0.4, 0.5) is 0 Å². The van der Waals surface area contributed by atoms with Gasteiger partial charge in [0.2, 0.25) is 0 Å². The van der Waals surface area contributed by atoms with Crippen molar-refractivity contribution in [2.24, 2.45) is 5.92 Å². The Balaban J connectivity index is 2.07. The van der Waals surface area contributed by atoms with Crippen LogP contribution in [0.2, 0.25) is 0 Å². The van der Waals surface area contributed by atoms with Gasteiger partial charge in [0.05, 0.1) is 5.41 Å². The molecular formula is C26H35NO. The standard InChI is InChI=1S/C26H35NO/c1-21(27(2)3)20-26(23-15-9-5-10-16-23,24-17-11-6-12-18-24)25(28)19-22-13-7-4-8-14-22/h5-6,9-12,15-18,21-22H,4,7-8,13-14,19-20H2,1-3H3/t21-/m0/s1. The number of ketones is 1. The lowest BCUT2D eigenvalue weighted by atomic mass is 9.65. The van der Waals surface area contributed by atoms with Crippen LogP contribution in [0.5, 0.6) is 0 Å². The maximum atomic E-state index is 14.1. The number of carbonyl (C=O) groups is 1. The Morgan fingerprint density at radius 3 is 1.89 bits per heavy atom. The number of hydrogen-bond donors (Lipinski definition) is 0. The molecule has 1 fully saturated rings. The van der Waals surface area contributed by atoms with Gasteiger partial charge in [0.25, 0.3) is 0 Å². The first-order valence-corrected chi connectivity index (χ1v) is 10.8. The summed E-state index contributed by atoms with van der Waals surface area (Å²) >= 11 is 0. The monoisotopic (exact) mass is 377 g/mol. The summed E-state index contributed by atoms with van der Waals surface area (Å²) in [7, 11) is 4.22. The second-order valence-electron chi connectivity index (χ2n) is 8.79. The van der Waals surface area contributed by atoms with Gasteiger partial charge < -0.3 is 4.90 Å². The SMILES string of the molecule is C[C@@H](CC(C(=O)CC1CCCCC1)(c1ccccc1)c1ccccc1)N(C)C. The molecule has 0 radical (unpaired) electrons. The fourth-order valence-electron chi connectivity index (χ4n) is 4.74. The van der Waals surface area contributed by atoms with Crippen LogP contribution in [0.25, 0.3) is 0 Å². The van der Waals surface area contributed by atoms with Crippen molar-refractivity contribution in [1.29, 1.82) is 0 Å². The van der Waals surface area contributed by atoms with Crippen LogP contribution in [0.15, 0.2) is 60.7 Å². The fourth-order valence-corrected chi connectivity index (χ4v) is 4.74. The molecule has 0 spiro atoms. The Bertz CT molecular complexity index is 692. The molecule has 0 N–H and O–H groups in total. The lowest BCUT2D eigenvalue weighted by Crippen LogP contribution is -2.43. The highest BCUT2D eigenvalue weighted by Gasteiger charge is 2.43. The molecule has 28 heavy (non-hydrogen) atoms. The highest BCUT2D eigenvalue weighted by Crippen LogP contribution is 2.41. The van der Waals surface area contributed by atoms with Crippen molar-refractivity contribution in [2.75, 3.05) is 14.1 Å². The molecule has 1 saturated carbocycles. The van der Waals surface area contributed by atoms with Crippen LogP contribution in [-0.4, -0.2) is 30.8 Å². The number of benzene rings is 2. The van der Waals surface area contributed by atoms with E-state index in [9.17, 15) is 4.79 Å². The van der Waals surface area contributed by atoms with Gasteiger partial charge in [0.15, 0.2) is 0 Å². The van der Waals surface area contributed by atoms with E-state index in [-0.39, 0.29) is 0 Å². The van der Waals surface area contributed by atoms with Crippen molar-refractivity contribution in [3.8, 4) is 0 Å². The van der Waals surface area contributed by atoms with Crippen molar-refractivity contribution in [1.82, 2.24) is 4.90 Å². The topological polar surface area (TPSA) is 20.3 Å². The number of Topliss-reactive ketones (excluding diaryl/α,β-unsaturated/α-hetero) is 1. The fraction of sp³-hybridized carbons (Fsp3) is 0.500.